The van der Waals surface area contributed by atoms with Crippen molar-refractivity contribution in [3.8, 4) is 0 Å². The van der Waals surface area contributed by atoms with Crippen LogP contribution in [0.4, 0.5) is 0 Å². The van der Waals surface area contributed by atoms with Crippen molar-refractivity contribution in [3.05, 3.63) is 0 Å². The molecule has 0 aromatic rings. The molecule has 2 unspecified atom stereocenters. The Morgan fingerprint density at radius 2 is 2.00 bits per heavy atom. The predicted molar refractivity (Wildman–Crippen MR) is 66.5 cm³/mol. The van der Waals surface area contributed by atoms with Gasteiger partial charge < -0.3 is 15.8 Å². The number of nitrogens with two attached hydrogens (primary N) is 1. The second-order valence-electron chi connectivity index (χ2n) is 5.46. The van der Waals surface area contributed by atoms with Crippen molar-refractivity contribution in [1.29, 1.82) is 0 Å². The third-order valence-corrected chi connectivity index (χ3v) is 4.04. The average Bonchev–Trinajstić information content (AvgIpc) is 2.83. The number of carbonyl (C=O) groups excluding carboxylic acids is 1. The molecule has 1 heterocycles. The van der Waals surface area contributed by atoms with Crippen LogP contribution in [-0.4, -0.2) is 30.7 Å². The van der Waals surface area contributed by atoms with Crippen molar-refractivity contribution in [1.82, 2.24) is 5.32 Å². The van der Waals surface area contributed by atoms with Crippen LogP contribution < -0.4 is 11.1 Å². The summed E-state index contributed by atoms with van der Waals surface area (Å²) in [6.07, 6.45) is 6.22. The average molecular weight is 240 g/mol. The van der Waals surface area contributed by atoms with E-state index in [-0.39, 0.29) is 24.0 Å². The van der Waals surface area contributed by atoms with Crippen LogP contribution in [0.3, 0.4) is 0 Å². The minimum Gasteiger partial charge on any atom is -0.376 e. The molecule has 4 heteroatoms. The van der Waals surface area contributed by atoms with Crippen LogP contribution in [-0.2, 0) is 9.53 Å². The highest BCUT2D eigenvalue weighted by Crippen LogP contribution is 2.24. The van der Waals surface area contributed by atoms with Gasteiger partial charge in [-0.25, -0.2) is 0 Å². The number of amides is 1. The number of ether oxygens (including phenoxy) is 1. The highest BCUT2D eigenvalue weighted by molar-refractivity contribution is 5.79. The van der Waals surface area contributed by atoms with Crippen molar-refractivity contribution in [2.75, 3.05) is 6.61 Å². The number of rotatable bonds is 3. The fraction of sp³-hybridized carbons (Fsp3) is 0.923. The van der Waals surface area contributed by atoms with E-state index in [9.17, 15) is 4.79 Å². The van der Waals surface area contributed by atoms with Gasteiger partial charge in [0.15, 0.2) is 0 Å². The van der Waals surface area contributed by atoms with E-state index >= 15 is 0 Å². The van der Waals surface area contributed by atoms with Gasteiger partial charge in [-0.2, -0.15) is 0 Å². The van der Waals surface area contributed by atoms with Crippen LogP contribution in [0.25, 0.3) is 0 Å². The third-order valence-electron chi connectivity index (χ3n) is 4.04. The Labute approximate surface area is 103 Å². The first kappa shape index (κ1) is 12.8. The maximum absolute atomic E-state index is 12.1. The molecule has 1 aliphatic carbocycles. The van der Waals surface area contributed by atoms with Gasteiger partial charge in [-0.3, -0.25) is 4.79 Å². The highest BCUT2D eigenvalue weighted by atomic mass is 16.5. The van der Waals surface area contributed by atoms with Crippen molar-refractivity contribution in [3.63, 3.8) is 0 Å². The van der Waals surface area contributed by atoms with Gasteiger partial charge in [0, 0.05) is 18.6 Å². The van der Waals surface area contributed by atoms with Crippen LogP contribution >= 0.6 is 0 Å². The first-order chi connectivity index (χ1) is 8.16. The molecule has 1 saturated carbocycles. The first-order valence-corrected chi connectivity index (χ1v) is 6.84. The summed E-state index contributed by atoms with van der Waals surface area (Å²) >= 11 is 0. The van der Waals surface area contributed by atoms with Gasteiger partial charge >= 0.3 is 0 Å². The van der Waals surface area contributed by atoms with Gasteiger partial charge in [-0.15, -0.1) is 0 Å². The Morgan fingerprint density at radius 1 is 1.29 bits per heavy atom. The molecule has 98 valence electrons. The van der Waals surface area contributed by atoms with Gasteiger partial charge in [0.1, 0.15) is 0 Å². The lowest BCUT2D eigenvalue weighted by molar-refractivity contribution is -0.127. The summed E-state index contributed by atoms with van der Waals surface area (Å²) < 4.78 is 5.59. The molecule has 4 nitrogen and oxygen atoms in total. The number of hydrogen-bond acceptors (Lipinski definition) is 3. The summed E-state index contributed by atoms with van der Waals surface area (Å²) in [5.74, 6) is 0.360. The smallest absolute Gasteiger partial charge is 0.223 e. The van der Waals surface area contributed by atoms with Crippen molar-refractivity contribution < 1.29 is 9.53 Å². The molecule has 0 aromatic carbocycles. The summed E-state index contributed by atoms with van der Waals surface area (Å²) in [7, 11) is 0. The summed E-state index contributed by atoms with van der Waals surface area (Å²) in [6, 6.07) is 0.440. The second-order valence-corrected chi connectivity index (χ2v) is 5.46. The molecular weight excluding hydrogens is 216 g/mol. The molecular formula is C13H24N2O2. The third kappa shape index (κ3) is 3.42. The van der Waals surface area contributed by atoms with Crippen LogP contribution in [0.15, 0.2) is 0 Å². The largest absolute Gasteiger partial charge is 0.376 e. The van der Waals surface area contributed by atoms with E-state index in [4.69, 9.17) is 10.5 Å². The van der Waals surface area contributed by atoms with Crippen molar-refractivity contribution in [2.24, 2.45) is 11.7 Å². The Morgan fingerprint density at radius 3 is 2.59 bits per heavy atom. The monoisotopic (exact) mass is 240 g/mol. The summed E-state index contributed by atoms with van der Waals surface area (Å²) in [5, 5.41) is 3.10. The Hall–Kier alpha value is -0.610. The molecule has 2 fully saturated rings. The Kier molecular flexibility index (Phi) is 4.40. The summed E-state index contributed by atoms with van der Waals surface area (Å²) in [4.78, 5) is 12.1. The minimum absolute atomic E-state index is 0.139. The van der Waals surface area contributed by atoms with Crippen LogP contribution in [0.5, 0.6) is 0 Å². The summed E-state index contributed by atoms with van der Waals surface area (Å²) in [6.45, 7) is 2.88. The summed E-state index contributed by atoms with van der Waals surface area (Å²) in [5.41, 5.74) is 5.85. The van der Waals surface area contributed by atoms with E-state index in [0.717, 1.165) is 45.1 Å². The lowest BCUT2D eigenvalue weighted by atomic mass is 9.85. The predicted octanol–water partition coefficient (Wildman–Crippen LogP) is 1.19. The molecule has 1 saturated heterocycles. The molecule has 1 amide bonds. The highest BCUT2D eigenvalue weighted by Gasteiger charge is 2.28. The quantitative estimate of drug-likeness (QED) is 0.779. The molecule has 3 N–H and O–H groups in total. The van der Waals surface area contributed by atoms with Gasteiger partial charge in [0.25, 0.3) is 0 Å². The zero-order chi connectivity index (χ0) is 12.3. The molecule has 0 radical (unpaired) electrons. The molecule has 17 heavy (non-hydrogen) atoms. The zero-order valence-corrected chi connectivity index (χ0v) is 10.7. The topological polar surface area (TPSA) is 64.4 Å². The molecule has 2 aliphatic rings. The van der Waals surface area contributed by atoms with Crippen molar-refractivity contribution >= 4 is 5.91 Å². The SMILES string of the molecule is CC(NC(=O)C1CCC(N)CC1)C1CCCO1. The first-order valence-electron chi connectivity index (χ1n) is 6.84. The minimum atomic E-state index is 0.139. The Bertz CT molecular complexity index is 256. The van der Waals surface area contributed by atoms with E-state index in [1.807, 2.05) is 6.92 Å². The maximum Gasteiger partial charge on any atom is 0.223 e. The van der Waals surface area contributed by atoms with Gasteiger partial charge in [0.2, 0.25) is 5.91 Å². The maximum atomic E-state index is 12.1. The van der Waals surface area contributed by atoms with E-state index in [0.29, 0.717) is 6.04 Å². The lowest BCUT2D eigenvalue weighted by Crippen LogP contribution is -2.45. The molecule has 0 bridgehead atoms. The zero-order valence-electron chi connectivity index (χ0n) is 10.7. The fourth-order valence-electron chi connectivity index (χ4n) is 2.81. The number of carbonyl (C=O) groups is 1. The van der Waals surface area contributed by atoms with E-state index in [1.165, 1.54) is 0 Å². The van der Waals surface area contributed by atoms with Crippen molar-refractivity contribution in [2.45, 2.75) is 63.6 Å². The van der Waals surface area contributed by atoms with Crippen LogP contribution in [0, 0.1) is 5.92 Å². The normalized spacial score (nSPS) is 35.5. The van der Waals surface area contributed by atoms with E-state index in [1.54, 1.807) is 0 Å². The van der Waals surface area contributed by atoms with Crippen LogP contribution in [0.1, 0.15) is 45.4 Å². The molecule has 2 rings (SSSR count). The standard InChI is InChI=1S/C13H24N2O2/c1-9(12-3-2-8-17-12)15-13(16)10-4-6-11(14)7-5-10/h9-12H,2-8,14H2,1H3,(H,15,16). The van der Waals surface area contributed by atoms with E-state index < -0.39 is 0 Å². The van der Waals surface area contributed by atoms with Crippen LogP contribution in [0.2, 0.25) is 0 Å². The van der Waals surface area contributed by atoms with E-state index in [2.05, 4.69) is 5.32 Å². The molecule has 0 aromatic heterocycles. The fourth-order valence-corrected chi connectivity index (χ4v) is 2.81. The van der Waals surface area contributed by atoms with Gasteiger partial charge in [-0.05, 0) is 45.4 Å². The number of nitrogens with one attached hydrogen (secondary N) is 1. The molecule has 0 spiro atoms. The molecule has 1 aliphatic heterocycles. The molecule has 2 atom stereocenters. The van der Waals surface area contributed by atoms with Gasteiger partial charge in [-0.1, -0.05) is 0 Å². The number of hydrogen-bond donors (Lipinski definition) is 2. The Balaban J connectivity index is 1.76. The van der Waals surface area contributed by atoms with Gasteiger partial charge in [0.05, 0.1) is 12.1 Å². The second kappa shape index (κ2) is 5.83. The lowest BCUT2D eigenvalue weighted by Gasteiger charge is -2.28.